The van der Waals surface area contributed by atoms with Gasteiger partial charge >= 0.3 is 0 Å². The highest BCUT2D eigenvalue weighted by molar-refractivity contribution is 6.30. The number of halogens is 3. The average molecular weight is 477 g/mol. The SMILES string of the molecule is O=C(COc1ccc(Cl)c(F)c1)NC12CC(NC(=O)C3CC(=O)c4cc(F)ccc4O3)(C1)C2. The Labute approximate surface area is 192 Å². The van der Waals surface area contributed by atoms with Crippen molar-refractivity contribution in [2.24, 2.45) is 0 Å². The maximum Gasteiger partial charge on any atom is 0.261 e. The van der Waals surface area contributed by atoms with E-state index in [2.05, 4.69) is 10.6 Å². The van der Waals surface area contributed by atoms with Crippen molar-refractivity contribution < 1.29 is 32.6 Å². The van der Waals surface area contributed by atoms with Crippen molar-refractivity contribution in [1.82, 2.24) is 10.6 Å². The standard InChI is InChI=1S/C23H19ClF2N2O5/c24-15-3-2-13(6-16(15)26)32-8-20(30)27-22-9-23(10-22,11-22)28-21(31)19-7-17(29)14-5-12(25)1-4-18(14)33-19/h1-6,19H,7-11H2,(H,27,30)(H,28,31). The zero-order valence-electron chi connectivity index (χ0n) is 17.3. The second kappa shape index (κ2) is 7.69. The summed E-state index contributed by atoms with van der Waals surface area (Å²) in [6.45, 7) is -0.278. The van der Waals surface area contributed by atoms with E-state index in [1.54, 1.807) is 0 Å². The lowest BCUT2D eigenvalue weighted by Crippen LogP contribution is -2.84. The topological polar surface area (TPSA) is 93.7 Å². The third-order valence-electron chi connectivity index (χ3n) is 6.26. The number of amides is 2. The molecule has 0 radical (unpaired) electrons. The number of carbonyl (C=O) groups is 3. The molecule has 172 valence electrons. The monoisotopic (exact) mass is 476 g/mol. The number of ketones is 1. The summed E-state index contributed by atoms with van der Waals surface area (Å²) in [5.74, 6) is -1.90. The minimum Gasteiger partial charge on any atom is -0.484 e. The fourth-order valence-electron chi connectivity index (χ4n) is 4.88. The summed E-state index contributed by atoms with van der Waals surface area (Å²) in [7, 11) is 0. The van der Waals surface area contributed by atoms with Crippen molar-refractivity contribution in [2.75, 3.05) is 6.61 Å². The van der Waals surface area contributed by atoms with E-state index in [0.29, 0.717) is 19.3 Å². The first-order chi connectivity index (χ1) is 15.7. The molecule has 0 saturated heterocycles. The van der Waals surface area contributed by atoms with Crippen LogP contribution in [0.3, 0.4) is 0 Å². The van der Waals surface area contributed by atoms with Crippen molar-refractivity contribution in [3.63, 3.8) is 0 Å². The van der Waals surface area contributed by atoms with Crippen LogP contribution in [0.25, 0.3) is 0 Å². The van der Waals surface area contributed by atoms with Crippen LogP contribution in [-0.2, 0) is 9.59 Å². The van der Waals surface area contributed by atoms with Crippen LogP contribution in [0.15, 0.2) is 36.4 Å². The lowest BCUT2D eigenvalue weighted by atomic mass is 9.44. The summed E-state index contributed by atoms with van der Waals surface area (Å²) in [6.07, 6.45) is 0.506. The molecule has 2 N–H and O–H groups in total. The van der Waals surface area contributed by atoms with Gasteiger partial charge in [0.05, 0.1) is 17.0 Å². The van der Waals surface area contributed by atoms with Crippen molar-refractivity contribution >= 4 is 29.2 Å². The fraction of sp³-hybridized carbons (Fsp3) is 0.348. The second-order valence-corrected chi connectivity index (χ2v) is 9.27. The molecule has 0 spiro atoms. The fourth-order valence-corrected chi connectivity index (χ4v) is 5.00. The molecule has 4 aliphatic rings. The zero-order chi connectivity index (χ0) is 23.4. The van der Waals surface area contributed by atoms with Crippen LogP contribution < -0.4 is 20.1 Å². The third-order valence-corrected chi connectivity index (χ3v) is 6.57. The van der Waals surface area contributed by atoms with Gasteiger partial charge in [-0.2, -0.15) is 0 Å². The number of rotatable bonds is 6. The molecule has 7 nitrogen and oxygen atoms in total. The third kappa shape index (κ3) is 4.01. The quantitative estimate of drug-likeness (QED) is 0.668. The van der Waals surface area contributed by atoms with Gasteiger partial charge in [0.25, 0.3) is 11.8 Å². The Kier molecular flexibility index (Phi) is 5.04. The van der Waals surface area contributed by atoms with Crippen LogP contribution in [-0.4, -0.2) is 41.4 Å². The molecule has 1 unspecified atom stereocenters. The summed E-state index contributed by atoms with van der Waals surface area (Å²) in [6, 6.07) is 7.54. The van der Waals surface area contributed by atoms with Crippen LogP contribution in [0.2, 0.25) is 5.02 Å². The van der Waals surface area contributed by atoms with Gasteiger partial charge in [0, 0.05) is 17.1 Å². The molecule has 2 amide bonds. The molecule has 10 heteroatoms. The van der Waals surface area contributed by atoms with Crippen LogP contribution in [0, 0.1) is 11.6 Å². The molecule has 1 atom stereocenters. The van der Waals surface area contributed by atoms with Crippen molar-refractivity contribution in [1.29, 1.82) is 0 Å². The van der Waals surface area contributed by atoms with Gasteiger partial charge in [0.15, 0.2) is 18.5 Å². The van der Waals surface area contributed by atoms with Gasteiger partial charge in [0.1, 0.15) is 23.1 Å². The lowest BCUT2D eigenvalue weighted by Gasteiger charge is -2.70. The minimum absolute atomic E-state index is 0.0332. The molecule has 6 rings (SSSR count). The maximum absolute atomic E-state index is 13.4. The number of hydrogen-bond acceptors (Lipinski definition) is 5. The summed E-state index contributed by atoms with van der Waals surface area (Å²) in [4.78, 5) is 37.2. The van der Waals surface area contributed by atoms with Gasteiger partial charge in [0.2, 0.25) is 0 Å². The van der Waals surface area contributed by atoms with E-state index in [4.69, 9.17) is 21.1 Å². The normalized spacial score (nSPS) is 26.8. The highest BCUT2D eigenvalue weighted by Crippen LogP contribution is 2.60. The van der Waals surface area contributed by atoms with Gasteiger partial charge in [-0.05, 0) is 49.6 Å². The van der Waals surface area contributed by atoms with Crippen LogP contribution in [0.4, 0.5) is 8.78 Å². The van der Waals surface area contributed by atoms with Crippen molar-refractivity contribution in [3.8, 4) is 11.5 Å². The van der Waals surface area contributed by atoms with E-state index in [1.807, 2.05) is 0 Å². The van der Waals surface area contributed by atoms with Crippen molar-refractivity contribution in [3.05, 3.63) is 58.6 Å². The number of Topliss-reactive ketones (excluding diaryl/α,β-unsaturated/α-hetero) is 1. The number of nitrogens with one attached hydrogen (secondary N) is 2. The van der Waals surface area contributed by atoms with E-state index in [9.17, 15) is 23.2 Å². The molecule has 3 saturated carbocycles. The van der Waals surface area contributed by atoms with E-state index < -0.39 is 34.7 Å². The smallest absolute Gasteiger partial charge is 0.261 e. The molecule has 2 bridgehead atoms. The van der Waals surface area contributed by atoms with Gasteiger partial charge in [-0.15, -0.1) is 0 Å². The van der Waals surface area contributed by atoms with Gasteiger partial charge < -0.3 is 20.1 Å². The number of fused-ring (bicyclic) bond motifs is 1. The Hall–Kier alpha value is -3.20. The van der Waals surface area contributed by atoms with E-state index in [1.165, 1.54) is 24.3 Å². The Balaban J connectivity index is 1.10. The molecule has 2 aromatic rings. The maximum atomic E-state index is 13.4. The molecule has 0 aromatic heterocycles. The van der Waals surface area contributed by atoms with Crippen LogP contribution >= 0.6 is 11.6 Å². The number of benzene rings is 2. The lowest BCUT2D eigenvalue weighted by molar-refractivity contribution is -0.154. The molecule has 3 fully saturated rings. The summed E-state index contributed by atoms with van der Waals surface area (Å²) in [5.41, 5.74) is -0.721. The Morgan fingerprint density at radius 1 is 1.09 bits per heavy atom. The number of hydrogen-bond donors (Lipinski definition) is 2. The van der Waals surface area contributed by atoms with Crippen LogP contribution in [0.5, 0.6) is 11.5 Å². The first-order valence-electron chi connectivity index (χ1n) is 10.4. The van der Waals surface area contributed by atoms with Crippen molar-refractivity contribution in [2.45, 2.75) is 42.9 Å². The van der Waals surface area contributed by atoms with E-state index >= 15 is 0 Å². The van der Waals surface area contributed by atoms with Crippen LogP contribution in [0.1, 0.15) is 36.0 Å². The summed E-state index contributed by atoms with van der Waals surface area (Å²) >= 11 is 5.62. The molecule has 33 heavy (non-hydrogen) atoms. The largest absolute Gasteiger partial charge is 0.484 e. The predicted molar refractivity (Wildman–Crippen MR) is 112 cm³/mol. The highest BCUT2D eigenvalue weighted by Gasteiger charge is 2.69. The van der Waals surface area contributed by atoms with Gasteiger partial charge in [-0.3, -0.25) is 14.4 Å². The van der Waals surface area contributed by atoms with E-state index in [-0.39, 0.29) is 46.8 Å². The minimum atomic E-state index is -0.983. The molecule has 3 aliphatic carbocycles. The summed E-state index contributed by atoms with van der Waals surface area (Å²) in [5, 5.41) is 5.80. The van der Waals surface area contributed by atoms with E-state index in [0.717, 1.165) is 12.1 Å². The molecular formula is C23H19ClF2N2O5. The average Bonchev–Trinajstić information content (AvgIpc) is 2.72. The number of carbonyl (C=O) groups excluding carboxylic acids is 3. The predicted octanol–water partition coefficient (Wildman–Crippen LogP) is 2.94. The molecular weight excluding hydrogens is 458 g/mol. The Morgan fingerprint density at radius 3 is 2.55 bits per heavy atom. The first kappa shape index (κ1) is 21.6. The molecule has 1 heterocycles. The van der Waals surface area contributed by atoms with Gasteiger partial charge in [-0.25, -0.2) is 8.78 Å². The van der Waals surface area contributed by atoms with Gasteiger partial charge in [-0.1, -0.05) is 11.6 Å². The molecule has 1 aliphatic heterocycles. The Morgan fingerprint density at radius 2 is 1.82 bits per heavy atom. The number of ether oxygens (including phenoxy) is 2. The summed E-state index contributed by atoms with van der Waals surface area (Å²) < 4.78 is 37.7. The highest BCUT2D eigenvalue weighted by atomic mass is 35.5. The first-order valence-corrected chi connectivity index (χ1v) is 10.7. The zero-order valence-corrected chi connectivity index (χ0v) is 18.0. The second-order valence-electron chi connectivity index (χ2n) is 8.87. The Bertz CT molecular complexity index is 1170. The molecule has 2 aromatic carbocycles.